The minimum atomic E-state index is -2.51. The second-order valence-electron chi connectivity index (χ2n) is 10.9. The van der Waals surface area contributed by atoms with Gasteiger partial charge in [-0.3, -0.25) is 9.12 Å². The highest BCUT2D eigenvalue weighted by Gasteiger charge is 2.47. The van der Waals surface area contributed by atoms with E-state index in [4.69, 9.17) is 4.98 Å². The van der Waals surface area contributed by atoms with Gasteiger partial charge in [0, 0.05) is 41.3 Å². The fraction of sp³-hybridized carbons (Fsp3) is 0.593. The Morgan fingerprint density at radius 3 is 2.69 bits per heavy atom. The number of alkyl halides is 2. The summed E-state index contributed by atoms with van der Waals surface area (Å²) in [5.41, 5.74) is 3.66. The Morgan fingerprint density at radius 1 is 1.33 bits per heavy atom. The van der Waals surface area contributed by atoms with Crippen molar-refractivity contribution in [3.63, 3.8) is 0 Å². The van der Waals surface area contributed by atoms with E-state index in [9.17, 15) is 8.78 Å². The number of piperazine rings is 1. The lowest BCUT2D eigenvalue weighted by molar-refractivity contribution is 0.200. The first-order valence-electron chi connectivity index (χ1n) is 13.0. The number of aromatic nitrogens is 2. The summed E-state index contributed by atoms with van der Waals surface area (Å²) < 4.78 is 33.2. The van der Waals surface area contributed by atoms with Crippen LogP contribution in [0, 0.1) is 0 Å². The molecule has 2 aromatic rings. The van der Waals surface area contributed by atoms with Crippen molar-refractivity contribution in [3.05, 3.63) is 40.8 Å². The van der Waals surface area contributed by atoms with E-state index in [1.165, 1.54) is 37.4 Å². The normalized spacial score (nSPS) is 23.5. The highest BCUT2D eigenvalue weighted by atomic mass is 32.2. The monoisotopic (exact) mass is 533 g/mol. The number of nitrogens with zero attached hydrogens (tertiary/aromatic N) is 3. The first-order valence-corrected chi connectivity index (χ1v) is 14.6. The fourth-order valence-corrected chi connectivity index (χ4v) is 6.75. The third-order valence-electron chi connectivity index (χ3n) is 7.59. The first-order chi connectivity index (χ1) is 17.2. The highest BCUT2D eigenvalue weighted by molar-refractivity contribution is 8.11. The van der Waals surface area contributed by atoms with E-state index < -0.39 is 6.43 Å². The maximum atomic E-state index is 13.7. The molecule has 9 heteroatoms. The molecule has 2 saturated carbocycles. The van der Waals surface area contributed by atoms with Crippen LogP contribution in [-0.2, 0) is 0 Å². The molecule has 0 radical (unpaired) electrons. The molecule has 1 aliphatic heterocycles. The molecule has 0 unspecified atom stereocenters. The number of thioether (sulfide) groups is 1. The molecule has 3 aliphatic rings. The number of hydrogen-bond donors (Lipinski definition) is 2. The standard InChI is InChI=1S/C27H37F2N5S2/c1-6-17(3)23(35-22(7-2)24(28)29)25-30-13-21-20(33-14-18(4)31-27(16-33)10-11-27)12-19(15-34(21)25)36-32-26(5)8-9-26/h7,12-13,15,18,24,31-32H,6,8-11,14,16H2,1-5H3/b22-7-,23-17?/t18-/m0/s1. The van der Waals surface area contributed by atoms with E-state index >= 15 is 0 Å². The molecule has 196 valence electrons. The second-order valence-corrected chi connectivity index (χ2v) is 12.9. The van der Waals surface area contributed by atoms with Crippen molar-refractivity contribution in [1.29, 1.82) is 0 Å². The van der Waals surface area contributed by atoms with Crippen molar-refractivity contribution < 1.29 is 8.78 Å². The number of anilines is 1. The van der Waals surface area contributed by atoms with Crippen molar-refractivity contribution in [2.75, 3.05) is 18.0 Å². The minimum absolute atomic E-state index is 0.0650. The Labute approximate surface area is 221 Å². The van der Waals surface area contributed by atoms with Gasteiger partial charge in [0.15, 0.2) is 5.82 Å². The van der Waals surface area contributed by atoms with Gasteiger partial charge in [-0.2, -0.15) is 0 Å². The Morgan fingerprint density at radius 2 is 2.08 bits per heavy atom. The van der Waals surface area contributed by atoms with Crippen LogP contribution >= 0.6 is 23.7 Å². The fourth-order valence-electron chi connectivity index (χ4n) is 4.85. The Bertz CT molecular complexity index is 1200. The van der Waals surface area contributed by atoms with Gasteiger partial charge in [0.25, 0.3) is 6.43 Å². The highest BCUT2D eigenvalue weighted by Crippen LogP contribution is 2.44. The Hall–Kier alpha value is -1.55. The molecule has 2 N–H and O–H groups in total. The van der Waals surface area contributed by atoms with Crippen LogP contribution in [-0.4, -0.2) is 46.0 Å². The summed E-state index contributed by atoms with van der Waals surface area (Å²) in [4.78, 5) is 9.33. The lowest BCUT2D eigenvalue weighted by Crippen LogP contribution is -2.57. The molecule has 2 aliphatic carbocycles. The average Bonchev–Trinajstić information content (AvgIpc) is 3.73. The van der Waals surface area contributed by atoms with Gasteiger partial charge < -0.3 is 10.2 Å². The van der Waals surface area contributed by atoms with E-state index in [0.29, 0.717) is 6.04 Å². The van der Waals surface area contributed by atoms with E-state index in [2.05, 4.69) is 52.4 Å². The zero-order valence-corrected chi connectivity index (χ0v) is 23.5. The van der Waals surface area contributed by atoms with Gasteiger partial charge in [-0.15, -0.1) is 0 Å². The number of fused-ring (bicyclic) bond motifs is 1. The van der Waals surface area contributed by atoms with Crippen LogP contribution in [0.25, 0.3) is 10.4 Å². The lowest BCUT2D eigenvalue weighted by Gasteiger charge is -2.40. The number of pyridine rings is 1. The van der Waals surface area contributed by atoms with E-state index in [-0.39, 0.29) is 16.0 Å². The van der Waals surface area contributed by atoms with Gasteiger partial charge in [-0.25, -0.2) is 13.8 Å². The zero-order valence-electron chi connectivity index (χ0n) is 21.8. The molecule has 5 nitrogen and oxygen atoms in total. The van der Waals surface area contributed by atoms with Gasteiger partial charge in [0.05, 0.1) is 27.2 Å². The molecule has 0 amide bonds. The van der Waals surface area contributed by atoms with E-state index in [1.54, 1.807) is 18.9 Å². The molecule has 3 heterocycles. The van der Waals surface area contributed by atoms with Gasteiger partial charge in [-0.1, -0.05) is 30.3 Å². The van der Waals surface area contributed by atoms with Gasteiger partial charge in [-0.05, 0) is 77.8 Å². The van der Waals surface area contributed by atoms with Crippen molar-refractivity contribution in [2.24, 2.45) is 0 Å². The number of halogens is 2. The number of imidazole rings is 1. The topological polar surface area (TPSA) is 44.6 Å². The molecular weight excluding hydrogens is 496 g/mol. The predicted octanol–water partition coefficient (Wildman–Crippen LogP) is 6.86. The summed E-state index contributed by atoms with van der Waals surface area (Å²) in [6, 6.07) is 2.68. The molecule has 1 spiro atoms. The molecular formula is C27H37F2N5S2. The average molecular weight is 534 g/mol. The van der Waals surface area contributed by atoms with Crippen LogP contribution in [0.4, 0.5) is 14.5 Å². The Balaban J connectivity index is 1.60. The number of rotatable bonds is 9. The molecule has 0 bridgehead atoms. The zero-order chi connectivity index (χ0) is 25.7. The Kier molecular flexibility index (Phi) is 7.22. The molecule has 1 atom stereocenters. The van der Waals surface area contributed by atoms with Gasteiger partial charge in [0.2, 0.25) is 0 Å². The van der Waals surface area contributed by atoms with Crippen LogP contribution in [0.3, 0.4) is 0 Å². The van der Waals surface area contributed by atoms with Crippen molar-refractivity contribution >= 4 is 39.8 Å². The molecule has 3 fully saturated rings. The minimum Gasteiger partial charge on any atom is -0.366 e. The predicted molar refractivity (Wildman–Crippen MR) is 149 cm³/mol. The quantitative estimate of drug-likeness (QED) is 0.344. The number of hydrogen-bond acceptors (Lipinski definition) is 6. The van der Waals surface area contributed by atoms with Gasteiger partial charge in [0.1, 0.15) is 0 Å². The van der Waals surface area contributed by atoms with Crippen LogP contribution < -0.4 is 14.9 Å². The molecule has 1 saturated heterocycles. The van der Waals surface area contributed by atoms with E-state index in [1.807, 2.05) is 13.1 Å². The first kappa shape index (κ1) is 26.1. The lowest BCUT2D eigenvalue weighted by atomic mass is 10.1. The second kappa shape index (κ2) is 9.97. The maximum absolute atomic E-state index is 13.7. The molecule has 36 heavy (non-hydrogen) atoms. The SMILES string of the molecule is C/C=C(\SC(=C(C)CC)c1ncc2c(N3C[C@H](C)NC4(CC4)C3)cc(SNC3(C)CC3)cn12)C(F)F. The molecule has 0 aromatic carbocycles. The third-order valence-corrected chi connectivity index (χ3v) is 10.0. The summed E-state index contributed by atoms with van der Waals surface area (Å²) in [5.74, 6) is 0.736. The summed E-state index contributed by atoms with van der Waals surface area (Å²) in [5, 5.41) is 3.80. The van der Waals surface area contributed by atoms with Crippen LogP contribution in [0.15, 0.2) is 39.9 Å². The van der Waals surface area contributed by atoms with Crippen LogP contribution in [0.1, 0.15) is 72.5 Å². The summed E-state index contributed by atoms with van der Waals surface area (Å²) in [6.07, 6.45) is 8.60. The van der Waals surface area contributed by atoms with Gasteiger partial charge >= 0.3 is 0 Å². The van der Waals surface area contributed by atoms with Crippen molar-refractivity contribution in [1.82, 2.24) is 19.4 Å². The number of nitrogens with one attached hydrogen (secondary N) is 2. The van der Waals surface area contributed by atoms with Crippen LogP contribution in [0.2, 0.25) is 0 Å². The summed E-state index contributed by atoms with van der Waals surface area (Å²) in [7, 11) is 0. The summed E-state index contributed by atoms with van der Waals surface area (Å²) >= 11 is 2.81. The molecule has 2 aromatic heterocycles. The van der Waals surface area contributed by atoms with Crippen molar-refractivity contribution in [3.8, 4) is 0 Å². The molecule has 5 rings (SSSR count). The number of allylic oxidation sites excluding steroid dienone is 3. The van der Waals surface area contributed by atoms with Crippen LogP contribution in [0.5, 0.6) is 0 Å². The summed E-state index contributed by atoms with van der Waals surface area (Å²) in [6.45, 7) is 12.2. The smallest absolute Gasteiger partial charge is 0.269 e. The largest absolute Gasteiger partial charge is 0.366 e. The maximum Gasteiger partial charge on any atom is 0.269 e. The van der Waals surface area contributed by atoms with E-state index in [0.717, 1.165) is 58.0 Å². The third kappa shape index (κ3) is 5.35. The van der Waals surface area contributed by atoms with Crippen molar-refractivity contribution in [2.45, 2.75) is 95.2 Å².